The number of rotatable bonds is 6. The summed E-state index contributed by atoms with van der Waals surface area (Å²) in [6.07, 6.45) is 4.47. The van der Waals surface area contributed by atoms with Crippen LogP contribution in [0.5, 0.6) is 5.75 Å². The minimum atomic E-state index is 0.165. The summed E-state index contributed by atoms with van der Waals surface area (Å²) in [7, 11) is 0. The summed E-state index contributed by atoms with van der Waals surface area (Å²) in [5.41, 5.74) is 0.848. The van der Waals surface area contributed by atoms with Crippen molar-refractivity contribution < 1.29 is 9.53 Å². The molecule has 0 radical (unpaired) electrons. The zero-order valence-corrected chi connectivity index (χ0v) is 15.1. The molecule has 0 spiro atoms. The number of aromatic nitrogens is 2. The third kappa shape index (κ3) is 4.84. The number of nitrogens with zero attached hydrogens (tertiary/aromatic N) is 3. The van der Waals surface area contributed by atoms with Crippen LogP contribution in [-0.4, -0.2) is 40.3 Å². The molecule has 2 aromatic rings. The van der Waals surface area contributed by atoms with Gasteiger partial charge in [-0.05, 0) is 44.9 Å². The first kappa shape index (κ1) is 17.5. The topological polar surface area (TPSA) is 47.4 Å². The van der Waals surface area contributed by atoms with Crippen LogP contribution < -0.4 is 4.74 Å². The minimum absolute atomic E-state index is 0.165. The maximum atomic E-state index is 12.6. The predicted molar refractivity (Wildman–Crippen MR) is 97.6 cm³/mol. The molecule has 1 aromatic carbocycles. The van der Waals surface area contributed by atoms with Gasteiger partial charge in [-0.15, -0.1) is 0 Å². The number of hydrogen-bond acceptors (Lipinski definition) is 3. The molecule has 1 fully saturated rings. The fourth-order valence-electron chi connectivity index (χ4n) is 3.18. The van der Waals surface area contributed by atoms with Gasteiger partial charge in [0.05, 0.1) is 18.7 Å². The minimum Gasteiger partial charge on any atom is -0.493 e. The highest BCUT2D eigenvalue weighted by molar-refractivity contribution is 5.78. The molecule has 0 saturated carbocycles. The molecular weight excluding hydrogens is 314 g/mol. The lowest BCUT2D eigenvalue weighted by Gasteiger charge is -2.32. The fourth-order valence-corrected chi connectivity index (χ4v) is 3.18. The van der Waals surface area contributed by atoms with E-state index >= 15 is 0 Å². The van der Waals surface area contributed by atoms with Crippen molar-refractivity contribution in [2.75, 3.05) is 19.7 Å². The van der Waals surface area contributed by atoms with Gasteiger partial charge in [0.1, 0.15) is 5.75 Å². The molecule has 1 amide bonds. The molecule has 5 nitrogen and oxygen atoms in total. The summed E-state index contributed by atoms with van der Waals surface area (Å²) >= 11 is 0. The highest BCUT2D eigenvalue weighted by atomic mass is 16.5. The lowest BCUT2D eigenvalue weighted by atomic mass is 9.98. The van der Waals surface area contributed by atoms with E-state index in [4.69, 9.17) is 4.74 Å². The number of carbonyl (C=O) groups is 1. The first-order chi connectivity index (χ1) is 12.1. The van der Waals surface area contributed by atoms with E-state index in [0.717, 1.165) is 37.4 Å². The van der Waals surface area contributed by atoms with Gasteiger partial charge in [0.2, 0.25) is 5.91 Å². The van der Waals surface area contributed by atoms with Gasteiger partial charge in [-0.3, -0.25) is 9.48 Å². The summed E-state index contributed by atoms with van der Waals surface area (Å²) in [5.74, 6) is 1.45. The molecule has 1 saturated heterocycles. The van der Waals surface area contributed by atoms with Gasteiger partial charge in [0.15, 0.2) is 0 Å². The summed E-state index contributed by atoms with van der Waals surface area (Å²) in [4.78, 5) is 14.6. The summed E-state index contributed by atoms with van der Waals surface area (Å²) in [6, 6.07) is 12.1. The molecule has 25 heavy (non-hydrogen) atoms. The second-order valence-corrected chi connectivity index (χ2v) is 7.03. The fraction of sp³-hybridized carbons (Fsp3) is 0.500. The lowest BCUT2D eigenvalue weighted by Crippen LogP contribution is -2.42. The zero-order valence-electron chi connectivity index (χ0n) is 15.1. The molecule has 0 bridgehead atoms. The van der Waals surface area contributed by atoms with E-state index in [0.29, 0.717) is 25.0 Å². The molecule has 5 heteroatoms. The van der Waals surface area contributed by atoms with Crippen molar-refractivity contribution in [1.82, 2.24) is 14.7 Å². The maximum absolute atomic E-state index is 12.6. The van der Waals surface area contributed by atoms with E-state index in [1.807, 2.05) is 52.2 Å². The van der Waals surface area contributed by atoms with Crippen molar-refractivity contribution in [2.45, 2.75) is 39.2 Å². The van der Waals surface area contributed by atoms with Crippen molar-refractivity contribution in [1.29, 1.82) is 0 Å². The number of likely N-dealkylation sites (tertiary alicyclic amines) is 1. The Kier molecular flexibility index (Phi) is 5.74. The predicted octanol–water partition coefficient (Wildman–Crippen LogP) is 3.32. The molecule has 1 aliphatic rings. The van der Waals surface area contributed by atoms with Gasteiger partial charge in [-0.2, -0.15) is 5.10 Å². The summed E-state index contributed by atoms with van der Waals surface area (Å²) in [6.45, 7) is 6.44. The molecule has 2 heterocycles. The molecular formula is C20H27N3O2. The van der Waals surface area contributed by atoms with Gasteiger partial charge >= 0.3 is 0 Å². The Morgan fingerprint density at radius 2 is 2.08 bits per heavy atom. The first-order valence-corrected chi connectivity index (χ1v) is 9.11. The number of ether oxygens (including phenoxy) is 1. The normalized spacial score (nSPS) is 17.7. The third-order valence-corrected chi connectivity index (χ3v) is 4.63. The van der Waals surface area contributed by atoms with Crippen molar-refractivity contribution in [3.05, 3.63) is 48.3 Å². The monoisotopic (exact) mass is 341 g/mol. The standard InChI is InChI=1S/C20H27N3O2/c1-16(2)23-12-10-18(21-23)13-20(24)22-11-6-7-17(14-22)15-25-19-8-4-3-5-9-19/h3-5,8-10,12,16-17H,6-7,11,13-15H2,1-2H3. The SMILES string of the molecule is CC(C)n1ccc(CC(=O)N2CCCC(COc3ccccc3)C2)n1. The smallest absolute Gasteiger partial charge is 0.228 e. The Morgan fingerprint density at radius 3 is 2.80 bits per heavy atom. The van der Waals surface area contributed by atoms with Gasteiger partial charge in [-0.25, -0.2) is 0 Å². The lowest BCUT2D eigenvalue weighted by molar-refractivity contribution is -0.132. The number of carbonyl (C=O) groups excluding carboxylic acids is 1. The zero-order chi connectivity index (χ0) is 17.6. The molecule has 0 N–H and O–H groups in total. The Bertz CT molecular complexity index is 681. The number of benzene rings is 1. The van der Waals surface area contributed by atoms with E-state index < -0.39 is 0 Å². The van der Waals surface area contributed by atoms with Crippen LogP contribution >= 0.6 is 0 Å². The molecule has 0 aliphatic carbocycles. The molecule has 134 valence electrons. The Balaban J connectivity index is 1.50. The van der Waals surface area contributed by atoms with E-state index in [9.17, 15) is 4.79 Å². The van der Waals surface area contributed by atoms with Crippen molar-refractivity contribution in [2.24, 2.45) is 5.92 Å². The number of hydrogen-bond donors (Lipinski definition) is 0. The average Bonchev–Trinajstić information content (AvgIpc) is 3.10. The largest absolute Gasteiger partial charge is 0.493 e. The van der Waals surface area contributed by atoms with Crippen LogP contribution in [0.25, 0.3) is 0 Å². The van der Waals surface area contributed by atoms with Crippen LogP contribution in [-0.2, 0) is 11.2 Å². The first-order valence-electron chi connectivity index (χ1n) is 9.11. The molecule has 1 atom stereocenters. The highest BCUT2D eigenvalue weighted by Gasteiger charge is 2.24. The van der Waals surface area contributed by atoms with Crippen molar-refractivity contribution >= 4 is 5.91 Å². The van der Waals surface area contributed by atoms with Crippen molar-refractivity contribution in [3.63, 3.8) is 0 Å². The van der Waals surface area contributed by atoms with Crippen LogP contribution in [0.15, 0.2) is 42.6 Å². The number of para-hydroxylation sites is 1. The van der Waals surface area contributed by atoms with Crippen LogP contribution in [0, 0.1) is 5.92 Å². The quantitative estimate of drug-likeness (QED) is 0.810. The van der Waals surface area contributed by atoms with Gasteiger partial charge in [0, 0.05) is 31.2 Å². The second kappa shape index (κ2) is 8.19. The number of amides is 1. The van der Waals surface area contributed by atoms with Crippen LogP contribution in [0.1, 0.15) is 38.4 Å². The van der Waals surface area contributed by atoms with Gasteiger partial charge < -0.3 is 9.64 Å². The van der Waals surface area contributed by atoms with E-state index in [1.165, 1.54) is 0 Å². The van der Waals surface area contributed by atoms with Crippen molar-refractivity contribution in [3.8, 4) is 5.75 Å². The van der Waals surface area contributed by atoms with Gasteiger partial charge in [0.25, 0.3) is 0 Å². The van der Waals surface area contributed by atoms with Gasteiger partial charge in [-0.1, -0.05) is 18.2 Å². The average molecular weight is 341 g/mol. The van der Waals surface area contributed by atoms with E-state index in [-0.39, 0.29) is 5.91 Å². The van der Waals surface area contributed by atoms with Crippen LogP contribution in [0.3, 0.4) is 0 Å². The third-order valence-electron chi connectivity index (χ3n) is 4.63. The van der Waals surface area contributed by atoms with Crippen LogP contribution in [0.2, 0.25) is 0 Å². The second-order valence-electron chi connectivity index (χ2n) is 7.03. The summed E-state index contributed by atoms with van der Waals surface area (Å²) in [5, 5.41) is 4.48. The van der Waals surface area contributed by atoms with Crippen LogP contribution in [0.4, 0.5) is 0 Å². The maximum Gasteiger partial charge on any atom is 0.228 e. The molecule has 3 rings (SSSR count). The Morgan fingerprint density at radius 1 is 1.28 bits per heavy atom. The Labute approximate surface area is 149 Å². The summed E-state index contributed by atoms with van der Waals surface area (Å²) < 4.78 is 7.77. The number of piperidine rings is 1. The van der Waals surface area contributed by atoms with E-state index in [2.05, 4.69) is 18.9 Å². The molecule has 1 aliphatic heterocycles. The highest BCUT2D eigenvalue weighted by Crippen LogP contribution is 2.19. The van der Waals surface area contributed by atoms with E-state index in [1.54, 1.807) is 0 Å². The Hall–Kier alpha value is -2.30. The molecule has 1 aromatic heterocycles. The molecule has 1 unspecified atom stereocenters.